The SMILES string of the molecule is CS(=O)(=O)OCC1Cc2ccc(Cl)nc2C1. The highest BCUT2D eigenvalue weighted by Crippen LogP contribution is 2.26. The van der Waals surface area contributed by atoms with Gasteiger partial charge in [0, 0.05) is 5.69 Å². The lowest BCUT2D eigenvalue weighted by atomic mass is 10.1. The van der Waals surface area contributed by atoms with Crippen LogP contribution in [0.3, 0.4) is 0 Å². The van der Waals surface area contributed by atoms with Crippen molar-refractivity contribution in [1.82, 2.24) is 4.98 Å². The molecule has 88 valence electrons. The predicted octanol–water partition coefficient (Wildman–Crippen LogP) is 1.43. The molecule has 0 aliphatic heterocycles. The van der Waals surface area contributed by atoms with Crippen LogP contribution in [0.15, 0.2) is 12.1 Å². The summed E-state index contributed by atoms with van der Waals surface area (Å²) in [7, 11) is -3.35. The van der Waals surface area contributed by atoms with Crippen molar-refractivity contribution in [3.8, 4) is 0 Å². The Morgan fingerprint density at radius 2 is 2.25 bits per heavy atom. The van der Waals surface area contributed by atoms with Gasteiger partial charge in [-0.1, -0.05) is 17.7 Å². The van der Waals surface area contributed by atoms with Crippen molar-refractivity contribution >= 4 is 21.7 Å². The fraction of sp³-hybridized carbons (Fsp3) is 0.500. The first kappa shape index (κ1) is 11.8. The molecule has 0 N–H and O–H groups in total. The van der Waals surface area contributed by atoms with Crippen molar-refractivity contribution in [1.29, 1.82) is 0 Å². The Bertz CT molecular complexity index is 501. The number of rotatable bonds is 3. The molecule has 1 aromatic heterocycles. The third-order valence-corrected chi connectivity index (χ3v) is 3.32. The van der Waals surface area contributed by atoms with Gasteiger partial charge in [-0.25, -0.2) is 4.98 Å². The molecule has 1 unspecified atom stereocenters. The Kier molecular flexibility index (Phi) is 3.19. The van der Waals surface area contributed by atoms with Crippen LogP contribution in [-0.2, 0) is 27.1 Å². The molecule has 0 spiro atoms. The van der Waals surface area contributed by atoms with Gasteiger partial charge in [0.05, 0.1) is 12.9 Å². The molecule has 2 rings (SSSR count). The number of nitrogens with zero attached hydrogens (tertiary/aromatic N) is 1. The van der Waals surface area contributed by atoms with E-state index in [2.05, 4.69) is 4.98 Å². The third-order valence-electron chi connectivity index (χ3n) is 2.54. The molecular formula is C10H12ClNO3S. The van der Waals surface area contributed by atoms with E-state index < -0.39 is 10.1 Å². The van der Waals surface area contributed by atoms with E-state index in [1.807, 2.05) is 6.07 Å². The van der Waals surface area contributed by atoms with E-state index >= 15 is 0 Å². The highest BCUT2D eigenvalue weighted by atomic mass is 35.5. The summed E-state index contributed by atoms with van der Waals surface area (Å²) in [6, 6.07) is 3.69. The Balaban J connectivity index is 2.01. The fourth-order valence-electron chi connectivity index (χ4n) is 1.86. The van der Waals surface area contributed by atoms with E-state index in [1.165, 1.54) is 0 Å². The van der Waals surface area contributed by atoms with E-state index in [0.29, 0.717) is 5.15 Å². The first-order valence-corrected chi connectivity index (χ1v) is 7.12. The molecule has 0 amide bonds. The van der Waals surface area contributed by atoms with Crippen molar-refractivity contribution in [2.24, 2.45) is 5.92 Å². The van der Waals surface area contributed by atoms with Crippen molar-refractivity contribution < 1.29 is 12.6 Å². The number of fused-ring (bicyclic) bond motifs is 1. The van der Waals surface area contributed by atoms with E-state index in [4.69, 9.17) is 15.8 Å². The van der Waals surface area contributed by atoms with Crippen LogP contribution >= 0.6 is 11.6 Å². The molecule has 16 heavy (non-hydrogen) atoms. The second-order valence-electron chi connectivity index (χ2n) is 4.00. The summed E-state index contributed by atoms with van der Waals surface area (Å²) in [5, 5.41) is 0.475. The molecule has 1 atom stereocenters. The van der Waals surface area contributed by atoms with Crippen LogP contribution in [0, 0.1) is 5.92 Å². The minimum Gasteiger partial charge on any atom is -0.270 e. The summed E-state index contributed by atoms with van der Waals surface area (Å²) >= 11 is 5.78. The molecule has 0 saturated carbocycles. The molecule has 1 aliphatic rings. The summed E-state index contributed by atoms with van der Waals surface area (Å²) in [5.41, 5.74) is 2.08. The monoisotopic (exact) mass is 261 g/mol. The summed E-state index contributed by atoms with van der Waals surface area (Å²) in [5.74, 6) is 0.177. The van der Waals surface area contributed by atoms with Crippen molar-refractivity contribution in [2.75, 3.05) is 12.9 Å². The van der Waals surface area contributed by atoms with E-state index in [9.17, 15) is 8.42 Å². The lowest BCUT2D eigenvalue weighted by Gasteiger charge is -2.07. The topological polar surface area (TPSA) is 56.3 Å². The number of hydrogen-bond donors (Lipinski definition) is 0. The van der Waals surface area contributed by atoms with Crippen molar-refractivity contribution in [2.45, 2.75) is 12.8 Å². The van der Waals surface area contributed by atoms with E-state index in [-0.39, 0.29) is 12.5 Å². The van der Waals surface area contributed by atoms with Gasteiger partial charge in [-0.2, -0.15) is 8.42 Å². The highest BCUT2D eigenvalue weighted by Gasteiger charge is 2.24. The summed E-state index contributed by atoms with van der Waals surface area (Å²) < 4.78 is 26.5. The molecule has 0 saturated heterocycles. The zero-order valence-corrected chi connectivity index (χ0v) is 10.4. The number of pyridine rings is 1. The predicted molar refractivity (Wildman–Crippen MR) is 60.9 cm³/mol. The second-order valence-corrected chi connectivity index (χ2v) is 6.03. The maximum atomic E-state index is 10.9. The zero-order chi connectivity index (χ0) is 11.8. The molecule has 6 heteroatoms. The van der Waals surface area contributed by atoms with Crippen LogP contribution in [0.1, 0.15) is 11.3 Å². The molecule has 1 aliphatic carbocycles. The smallest absolute Gasteiger partial charge is 0.264 e. The van der Waals surface area contributed by atoms with E-state index in [0.717, 1.165) is 30.4 Å². The average Bonchev–Trinajstić information content (AvgIpc) is 2.55. The Hall–Kier alpha value is -0.650. The first-order valence-electron chi connectivity index (χ1n) is 4.93. The minimum absolute atomic E-state index is 0.177. The summed E-state index contributed by atoms with van der Waals surface area (Å²) in [6.07, 6.45) is 2.59. The Morgan fingerprint density at radius 3 is 2.94 bits per heavy atom. The highest BCUT2D eigenvalue weighted by molar-refractivity contribution is 7.85. The van der Waals surface area contributed by atoms with E-state index in [1.54, 1.807) is 6.07 Å². The largest absolute Gasteiger partial charge is 0.270 e. The maximum Gasteiger partial charge on any atom is 0.264 e. The molecule has 0 fully saturated rings. The fourth-order valence-corrected chi connectivity index (χ4v) is 2.47. The number of hydrogen-bond acceptors (Lipinski definition) is 4. The van der Waals surface area contributed by atoms with Crippen LogP contribution in [0.2, 0.25) is 5.15 Å². The van der Waals surface area contributed by atoms with Gasteiger partial charge in [0.25, 0.3) is 10.1 Å². The lowest BCUT2D eigenvalue weighted by Crippen LogP contribution is -2.13. The normalized spacial score (nSPS) is 19.8. The van der Waals surface area contributed by atoms with Gasteiger partial charge < -0.3 is 0 Å². The summed E-state index contributed by atoms with van der Waals surface area (Å²) in [4.78, 5) is 4.21. The molecule has 4 nitrogen and oxygen atoms in total. The number of aromatic nitrogens is 1. The maximum absolute atomic E-state index is 10.9. The van der Waals surface area contributed by atoms with Crippen LogP contribution in [0.4, 0.5) is 0 Å². The molecular weight excluding hydrogens is 250 g/mol. The van der Waals surface area contributed by atoms with Crippen LogP contribution in [0.5, 0.6) is 0 Å². The van der Waals surface area contributed by atoms with Crippen LogP contribution < -0.4 is 0 Å². The summed E-state index contributed by atoms with van der Waals surface area (Å²) in [6.45, 7) is 0.215. The third kappa shape index (κ3) is 2.93. The van der Waals surface area contributed by atoms with Gasteiger partial charge >= 0.3 is 0 Å². The van der Waals surface area contributed by atoms with Gasteiger partial charge in [0.1, 0.15) is 5.15 Å². The second kappa shape index (κ2) is 4.31. The lowest BCUT2D eigenvalue weighted by molar-refractivity contribution is 0.261. The molecule has 0 aromatic carbocycles. The average molecular weight is 262 g/mol. The van der Waals surface area contributed by atoms with Gasteiger partial charge in [-0.15, -0.1) is 0 Å². The molecule has 1 heterocycles. The number of halogens is 1. The van der Waals surface area contributed by atoms with Gasteiger partial charge in [-0.05, 0) is 30.4 Å². The minimum atomic E-state index is -3.35. The quantitative estimate of drug-likeness (QED) is 0.610. The Morgan fingerprint density at radius 1 is 1.50 bits per heavy atom. The molecule has 0 bridgehead atoms. The van der Waals surface area contributed by atoms with Crippen molar-refractivity contribution in [3.63, 3.8) is 0 Å². The van der Waals surface area contributed by atoms with Gasteiger partial charge in [-0.3, -0.25) is 4.18 Å². The van der Waals surface area contributed by atoms with Crippen LogP contribution in [0.25, 0.3) is 0 Å². The van der Waals surface area contributed by atoms with Gasteiger partial charge in [0.15, 0.2) is 0 Å². The van der Waals surface area contributed by atoms with Gasteiger partial charge in [0.2, 0.25) is 0 Å². The standard InChI is InChI=1S/C10H12ClNO3S/c1-16(13,14)15-6-7-4-8-2-3-10(11)12-9(8)5-7/h2-3,7H,4-6H2,1H3. The molecule has 0 radical (unpaired) electrons. The zero-order valence-electron chi connectivity index (χ0n) is 8.81. The van der Waals surface area contributed by atoms with Crippen LogP contribution in [-0.4, -0.2) is 26.3 Å². The van der Waals surface area contributed by atoms with Crippen molar-refractivity contribution in [3.05, 3.63) is 28.5 Å². The molecule has 1 aromatic rings. The first-order chi connectivity index (χ1) is 7.44. The Labute approximate surface area is 99.7 Å².